The molecule has 2 aromatic rings. The molecule has 3 rings (SSSR count). The van der Waals surface area contributed by atoms with E-state index in [4.69, 9.17) is 4.99 Å². The summed E-state index contributed by atoms with van der Waals surface area (Å²) in [5.74, 6) is 0.727. The molecule has 0 aliphatic carbocycles. The molecule has 0 radical (unpaired) electrons. The first kappa shape index (κ1) is 23.8. The minimum atomic E-state index is -0.103. The topological polar surface area (TPSA) is 86.6 Å². The van der Waals surface area contributed by atoms with Crippen molar-refractivity contribution in [3.8, 4) is 0 Å². The lowest BCUT2D eigenvalue weighted by atomic mass is 10.2. The third-order valence-electron chi connectivity index (χ3n) is 5.48. The summed E-state index contributed by atoms with van der Waals surface area (Å²) < 4.78 is 1.60. The number of guanidine groups is 1. The standard InChI is InChI=1S/C24H37N7O/c1-2-25-24(26-12-8-16-30-14-5-3-4-6-15-30)27-19-21-10-7-11-22(18-21)29-23(32)20-31-17-9-13-28-31/h7,9-11,13,17-18H,2-6,8,12,14-16,19-20H2,1H3,(H,29,32)(H2,25,26,27). The highest BCUT2D eigenvalue weighted by molar-refractivity contribution is 5.90. The Kier molecular flexibility index (Phi) is 10.1. The van der Waals surface area contributed by atoms with Gasteiger partial charge in [-0.1, -0.05) is 25.0 Å². The van der Waals surface area contributed by atoms with Crippen molar-refractivity contribution < 1.29 is 4.79 Å². The Morgan fingerprint density at radius 2 is 1.97 bits per heavy atom. The van der Waals surface area contributed by atoms with E-state index in [1.807, 2.05) is 24.3 Å². The van der Waals surface area contributed by atoms with Gasteiger partial charge in [-0.25, -0.2) is 4.99 Å². The fourth-order valence-electron chi connectivity index (χ4n) is 3.87. The van der Waals surface area contributed by atoms with Crippen molar-refractivity contribution in [2.45, 2.75) is 52.1 Å². The van der Waals surface area contributed by atoms with Gasteiger partial charge in [-0.15, -0.1) is 0 Å². The van der Waals surface area contributed by atoms with Crippen molar-refractivity contribution in [3.63, 3.8) is 0 Å². The molecule has 32 heavy (non-hydrogen) atoms. The van der Waals surface area contributed by atoms with Gasteiger partial charge in [0.1, 0.15) is 6.54 Å². The van der Waals surface area contributed by atoms with Crippen molar-refractivity contribution in [2.24, 2.45) is 4.99 Å². The first-order valence-corrected chi connectivity index (χ1v) is 11.8. The quantitative estimate of drug-likeness (QED) is 0.301. The zero-order valence-electron chi connectivity index (χ0n) is 19.2. The van der Waals surface area contributed by atoms with E-state index >= 15 is 0 Å². The lowest BCUT2D eigenvalue weighted by molar-refractivity contribution is -0.116. The number of carbonyl (C=O) groups is 1. The maximum atomic E-state index is 12.2. The molecule has 0 bridgehead atoms. The van der Waals surface area contributed by atoms with Crippen molar-refractivity contribution in [1.82, 2.24) is 25.3 Å². The second-order valence-corrected chi connectivity index (χ2v) is 8.18. The van der Waals surface area contributed by atoms with Crippen molar-refractivity contribution in [1.29, 1.82) is 0 Å². The molecule has 174 valence electrons. The van der Waals surface area contributed by atoms with Crippen molar-refractivity contribution in [3.05, 3.63) is 48.3 Å². The molecule has 3 N–H and O–H groups in total. The van der Waals surface area contributed by atoms with Gasteiger partial charge in [-0.3, -0.25) is 9.48 Å². The van der Waals surface area contributed by atoms with Gasteiger partial charge in [0, 0.05) is 31.2 Å². The van der Waals surface area contributed by atoms with Crippen LogP contribution in [-0.2, 0) is 17.9 Å². The Morgan fingerprint density at radius 3 is 2.72 bits per heavy atom. The van der Waals surface area contributed by atoms with Crippen LogP contribution in [0.3, 0.4) is 0 Å². The molecule has 1 aromatic carbocycles. The predicted octanol–water partition coefficient (Wildman–Crippen LogP) is 2.84. The smallest absolute Gasteiger partial charge is 0.246 e. The SMILES string of the molecule is CCNC(=NCc1cccc(NC(=O)Cn2cccn2)c1)NCCCN1CCCCCC1. The average molecular weight is 440 g/mol. The van der Waals surface area contributed by atoms with Crippen LogP contribution in [0.4, 0.5) is 5.69 Å². The largest absolute Gasteiger partial charge is 0.357 e. The third-order valence-corrected chi connectivity index (χ3v) is 5.48. The number of hydrogen-bond acceptors (Lipinski definition) is 4. The van der Waals surface area contributed by atoms with Gasteiger partial charge < -0.3 is 20.9 Å². The van der Waals surface area contributed by atoms with E-state index in [0.29, 0.717) is 6.54 Å². The summed E-state index contributed by atoms with van der Waals surface area (Å²) in [6.07, 6.45) is 9.97. The molecule has 1 fully saturated rings. The maximum absolute atomic E-state index is 12.2. The number of hydrogen-bond donors (Lipinski definition) is 3. The summed E-state index contributed by atoms with van der Waals surface area (Å²) in [5.41, 5.74) is 1.81. The highest BCUT2D eigenvalue weighted by atomic mass is 16.2. The second-order valence-electron chi connectivity index (χ2n) is 8.18. The van der Waals surface area contributed by atoms with Gasteiger partial charge in [0.25, 0.3) is 0 Å². The number of anilines is 1. The van der Waals surface area contributed by atoms with E-state index in [9.17, 15) is 4.79 Å². The van der Waals surface area contributed by atoms with Gasteiger partial charge in [-0.2, -0.15) is 5.10 Å². The molecule has 1 saturated heterocycles. The van der Waals surface area contributed by atoms with E-state index in [-0.39, 0.29) is 12.5 Å². The van der Waals surface area contributed by atoms with Crippen LogP contribution in [0.15, 0.2) is 47.7 Å². The van der Waals surface area contributed by atoms with Crippen molar-refractivity contribution >= 4 is 17.6 Å². The van der Waals surface area contributed by atoms with Crippen LogP contribution < -0.4 is 16.0 Å². The fourth-order valence-corrected chi connectivity index (χ4v) is 3.87. The zero-order valence-corrected chi connectivity index (χ0v) is 19.2. The monoisotopic (exact) mass is 439 g/mol. The first-order valence-electron chi connectivity index (χ1n) is 11.8. The molecule has 1 aliphatic heterocycles. The maximum Gasteiger partial charge on any atom is 0.246 e. The number of aromatic nitrogens is 2. The molecule has 8 heteroatoms. The molecular formula is C24H37N7O. The lowest BCUT2D eigenvalue weighted by Gasteiger charge is -2.20. The van der Waals surface area contributed by atoms with Gasteiger partial charge in [0.05, 0.1) is 6.54 Å². The van der Waals surface area contributed by atoms with Crippen LogP contribution in [-0.4, -0.2) is 59.3 Å². The van der Waals surface area contributed by atoms with E-state index < -0.39 is 0 Å². The van der Waals surface area contributed by atoms with Crippen LogP contribution in [0.1, 0.15) is 44.6 Å². The van der Waals surface area contributed by atoms with Gasteiger partial charge in [-0.05, 0) is 69.6 Å². The number of likely N-dealkylation sites (tertiary alicyclic amines) is 1. The Labute approximate surface area is 191 Å². The minimum Gasteiger partial charge on any atom is -0.357 e. The van der Waals surface area contributed by atoms with E-state index in [2.05, 4.69) is 32.9 Å². The highest BCUT2D eigenvalue weighted by Gasteiger charge is 2.08. The zero-order chi connectivity index (χ0) is 22.4. The molecule has 1 aliphatic rings. The number of rotatable bonds is 10. The molecule has 0 spiro atoms. The molecule has 0 atom stereocenters. The first-order chi connectivity index (χ1) is 15.7. The van der Waals surface area contributed by atoms with Crippen LogP contribution in [0.25, 0.3) is 0 Å². The molecule has 1 aromatic heterocycles. The van der Waals surface area contributed by atoms with E-state index in [0.717, 1.165) is 43.3 Å². The predicted molar refractivity (Wildman–Crippen MR) is 130 cm³/mol. The normalized spacial score (nSPS) is 15.2. The van der Waals surface area contributed by atoms with Crippen LogP contribution in [0.5, 0.6) is 0 Å². The van der Waals surface area contributed by atoms with E-state index in [1.54, 1.807) is 23.1 Å². The van der Waals surface area contributed by atoms with Gasteiger partial charge in [0.15, 0.2) is 5.96 Å². The average Bonchev–Trinajstić information content (AvgIpc) is 3.15. The summed E-state index contributed by atoms with van der Waals surface area (Å²) in [6, 6.07) is 9.62. The Bertz CT molecular complexity index is 827. The highest BCUT2D eigenvalue weighted by Crippen LogP contribution is 2.12. The fraction of sp³-hybridized carbons (Fsp3) is 0.542. The number of nitrogens with one attached hydrogen (secondary N) is 3. The van der Waals surface area contributed by atoms with Crippen LogP contribution in [0.2, 0.25) is 0 Å². The number of aliphatic imine (C=N–C) groups is 1. The molecular weight excluding hydrogens is 402 g/mol. The summed E-state index contributed by atoms with van der Waals surface area (Å²) >= 11 is 0. The Hall–Kier alpha value is -2.87. The number of nitrogens with zero attached hydrogens (tertiary/aromatic N) is 4. The Balaban J connectivity index is 1.45. The molecule has 8 nitrogen and oxygen atoms in total. The minimum absolute atomic E-state index is 0.103. The summed E-state index contributed by atoms with van der Waals surface area (Å²) in [7, 11) is 0. The molecule has 0 saturated carbocycles. The van der Waals surface area contributed by atoms with Gasteiger partial charge in [0.2, 0.25) is 5.91 Å². The second kappa shape index (κ2) is 13.5. The van der Waals surface area contributed by atoms with Crippen LogP contribution in [0, 0.1) is 0 Å². The third kappa shape index (κ3) is 8.70. The Morgan fingerprint density at radius 1 is 1.12 bits per heavy atom. The molecule has 0 unspecified atom stereocenters. The lowest BCUT2D eigenvalue weighted by Crippen LogP contribution is -2.39. The summed E-state index contributed by atoms with van der Waals surface area (Å²) in [6.45, 7) is 8.17. The van der Waals surface area contributed by atoms with E-state index in [1.165, 1.54) is 38.8 Å². The molecule has 1 amide bonds. The summed E-state index contributed by atoms with van der Waals surface area (Å²) in [5, 5.41) is 13.8. The molecule has 2 heterocycles. The van der Waals surface area contributed by atoms with Crippen molar-refractivity contribution in [2.75, 3.05) is 38.0 Å². The number of carbonyl (C=O) groups excluding carboxylic acids is 1. The number of amides is 1. The van der Waals surface area contributed by atoms with Crippen LogP contribution >= 0.6 is 0 Å². The number of benzene rings is 1. The summed E-state index contributed by atoms with van der Waals surface area (Å²) in [4.78, 5) is 19.5. The van der Waals surface area contributed by atoms with Gasteiger partial charge >= 0.3 is 0 Å².